The molecule has 1 N–H and O–H groups in total. The summed E-state index contributed by atoms with van der Waals surface area (Å²) in [5, 5.41) is 5.78. The Morgan fingerprint density at radius 2 is 2.12 bits per heavy atom. The second-order valence-corrected chi connectivity index (χ2v) is 7.52. The van der Waals surface area contributed by atoms with Crippen LogP contribution in [0.15, 0.2) is 15.2 Å². The number of thiophene rings is 1. The van der Waals surface area contributed by atoms with Crippen LogP contribution in [-0.2, 0) is 6.54 Å². The predicted molar refractivity (Wildman–Crippen MR) is 80.6 cm³/mol. The van der Waals surface area contributed by atoms with Crippen LogP contribution in [0.4, 0.5) is 0 Å². The van der Waals surface area contributed by atoms with E-state index in [9.17, 15) is 0 Å². The second kappa shape index (κ2) is 7.04. The first-order valence-corrected chi connectivity index (χ1v) is 8.54. The van der Waals surface area contributed by atoms with Crippen molar-refractivity contribution in [2.45, 2.75) is 38.0 Å². The average molecular weight is 322 g/mol. The zero-order valence-corrected chi connectivity index (χ0v) is 13.4. The quantitative estimate of drug-likeness (QED) is 0.792. The lowest BCUT2D eigenvalue weighted by Gasteiger charge is -2.29. The van der Waals surface area contributed by atoms with Crippen molar-refractivity contribution >= 4 is 39.0 Å². The summed E-state index contributed by atoms with van der Waals surface area (Å²) < 4.78 is 1.62. The Bertz CT molecular complexity index is 299. The summed E-state index contributed by atoms with van der Waals surface area (Å²) in [6.45, 7) is 6.63. The fraction of sp³-hybridized carbons (Fsp3) is 0.667. The molecule has 0 fully saturated rings. The van der Waals surface area contributed by atoms with E-state index in [1.807, 2.05) is 11.8 Å². The summed E-state index contributed by atoms with van der Waals surface area (Å²) in [4.78, 5) is 0. The molecule has 0 radical (unpaired) electrons. The first-order chi connectivity index (χ1) is 7.65. The SMILES string of the molecule is CCC(CC)(CNCc1csc(Br)c1)SC. The number of rotatable bonds is 7. The highest BCUT2D eigenvalue weighted by Gasteiger charge is 2.23. The van der Waals surface area contributed by atoms with Crippen LogP contribution in [0.1, 0.15) is 32.3 Å². The fourth-order valence-corrected chi connectivity index (χ4v) is 3.77. The summed E-state index contributed by atoms with van der Waals surface area (Å²) in [6, 6.07) is 2.19. The van der Waals surface area contributed by atoms with Gasteiger partial charge in [-0.15, -0.1) is 11.3 Å². The Morgan fingerprint density at radius 1 is 1.44 bits per heavy atom. The molecule has 1 aromatic rings. The molecule has 1 aromatic heterocycles. The summed E-state index contributed by atoms with van der Waals surface area (Å²) in [6.07, 6.45) is 4.67. The van der Waals surface area contributed by atoms with E-state index < -0.39 is 0 Å². The van der Waals surface area contributed by atoms with Crippen molar-refractivity contribution in [2.24, 2.45) is 0 Å². The van der Waals surface area contributed by atoms with Gasteiger partial charge in [0.05, 0.1) is 3.79 Å². The van der Waals surface area contributed by atoms with Crippen molar-refractivity contribution in [3.63, 3.8) is 0 Å². The monoisotopic (exact) mass is 321 g/mol. The van der Waals surface area contributed by atoms with Gasteiger partial charge in [-0.1, -0.05) is 13.8 Å². The molecule has 1 nitrogen and oxygen atoms in total. The first-order valence-electron chi connectivity index (χ1n) is 5.64. The van der Waals surface area contributed by atoms with Crippen LogP contribution in [-0.4, -0.2) is 17.5 Å². The number of hydrogen-bond acceptors (Lipinski definition) is 3. The summed E-state index contributed by atoms with van der Waals surface area (Å²) in [5.41, 5.74) is 1.37. The minimum Gasteiger partial charge on any atom is -0.311 e. The van der Waals surface area contributed by atoms with E-state index in [4.69, 9.17) is 0 Å². The van der Waals surface area contributed by atoms with Crippen molar-refractivity contribution in [3.05, 3.63) is 20.8 Å². The number of thioether (sulfide) groups is 1. The van der Waals surface area contributed by atoms with E-state index in [-0.39, 0.29) is 0 Å². The normalized spacial score (nSPS) is 12.0. The van der Waals surface area contributed by atoms with Gasteiger partial charge in [0.15, 0.2) is 0 Å². The predicted octanol–water partition coefficient (Wildman–Crippen LogP) is 4.52. The molecule has 0 aromatic carbocycles. The highest BCUT2D eigenvalue weighted by atomic mass is 79.9. The molecule has 0 spiro atoms. The zero-order chi connectivity index (χ0) is 12.0. The lowest BCUT2D eigenvalue weighted by molar-refractivity contribution is 0.495. The number of hydrogen-bond donors (Lipinski definition) is 1. The molecule has 0 saturated heterocycles. The molecule has 0 aliphatic carbocycles. The Labute approximate surface area is 116 Å². The van der Waals surface area contributed by atoms with Gasteiger partial charge in [-0.2, -0.15) is 11.8 Å². The van der Waals surface area contributed by atoms with Crippen molar-refractivity contribution in [1.82, 2.24) is 5.32 Å². The molecule has 0 aliphatic rings. The first kappa shape index (κ1) is 14.6. The molecule has 92 valence electrons. The van der Waals surface area contributed by atoms with Gasteiger partial charge in [0, 0.05) is 17.8 Å². The largest absolute Gasteiger partial charge is 0.311 e. The third-order valence-corrected chi connectivity index (χ3v) is 6.26. The Morgan fingerprint density at radius 3 is 2.56 bits per heavy atom. The molecular weight excluding hydrogens is 302 g/mol. The molecule has 0 bridgehead atoms. The molecule has 1 heterocycles. The van der Waals surface area contributed by atoms with E-state index in [0.29, 0.717) is 4.75 Å². The average Bonchev–Trinajstić information content (AvgIpc) is 2.71. The van der Waals surface area contributed by atoms with E-state index in [1.165, 1.54) is 22.2 Å². The maximum Gasteiger partial charge on any atom is 0.0701 e. The number of nitrogens with one attached hydrogen (secondary N) is 1. The third kappa shape index (κ3) is 4.06. The van der Waals surface area contributed by atoms with Crippen LogP contribution < -0.4 is 5.32 Å². The van der Waals surface area contributed by atoms with Crippen LogP contribution in [0.2, 0.25) is 0 Å². The van der Waals surface area contributed by atoms with Crippen LogP contribution in [0, 0.1) is 0 Å². The van der Waals surface area contributed by atoms with Gasteiger partial charge in [-0.3, -0.25) is 0 Å². The molecule has 0 atom stereocenters. The molecule has 1 rings (SSSR count). The fourth-order valence-electron chi connectivity index (χ4n) is 1.73. The Kier molecular flexibility index (Phi) is 6.40. The molecule has 0 unspecified atom stereocenters. The van der Waals surface area contributed by atoms with Crippen molar-refractivity contribution in [3.8, 4) is 0 Å². The topological polar surface area (TPSA) is 12.0 Å². The molecule has 4 heteroatoms. The van der Waals surface area contributed by atoms with Crippen molar-refractivity contribution < 1.29 is 0 Å². The summed E-state index contributed by atoms with van der Waals surface area (Å²) in [5.74, 6) is 0. The van der Waals surface area contributed by atoms with E-state index >= 15 is 0 Å². The van der Waals surface area contributed by atoms with E-state index in [2.05, 4.69) is 52.8 Å². The minimum atomic E-state index is 0.410. The van der Waals surface area contributed by atoms with Crippen molar-refractivity contribution in [2.75, 3.05) is 12.8 Å². The zero-order valence-electron chi connectivity index (χ0n) is 10.2. The van der Waals surface area contributed by atoms with Gasteiger partial charge in [0.2, 0.25) is 0 Å². The smallest absolute Gasteiger partial charge is 0.0701 e. The second-order valence-electron chi connectivity index (χ2n) is 3.96. The molecule has 0 amide bonds. The molecular formula is C12H20BrNS2. The van der Waals surface area contributed by atoms with Crippen molar-refractivity contribution in [1.29, 1.82) is 0 Å². The van der Waals surface area contributed by atoms with Gasteiger partial charge >= 0.3 is 0 Å². The Balaban J connectivity index is 2.39. The highest BCUT2D eigenvalue weighted by Crippen LogP contribution is 2.29. The molecule has 16 heavy (non-hydrogen) atoms. The summed E-state index contributed by atoms with van der Waals surface area (Å²) in [7, 11) is 0. The van der Waals surface area contributed by atoms with Crippen LogP contribution in [0.5, 0.6) is 0 Å². The lowest BCUT2D eigenvalue weighted by Crippen LogP contribution is -2.36. The molecule has 0 saturated carbocycles. The maximum absolute atomic E-state index is 3.57. The van der Waals surface area contributed by atoms with Gasteiger partial charge in [0.25, 0.3) is 0 Å². The van der Waals surface area contributed by atoms with E-state index in [1.54, 1.807) is 11.3 Å². The van der Waals surface area contributed by atoms with Crippen LogP contribution in [0.25, 0.3) is 0 Å². The standard InChI is InChI=1S/C12H20BrNS2/c1-4-12(5-2,15-3)9-14-7-10-6-11(13)16-8-10/h6,8,14H,4-5,7,9H2,1-3H3. The Hall–Kier alpha value is 0.490. The molecule has 0 aliphatic heterocycles. The third-order valence-electron chi connectivity index (χ3n) is 3.12. The van der Waals surface area contributed by atoms with Gasteiger partial charge in [-0.25, -0.2) is 0 Å². The number of halogens is 1. The van der Waals surface area contributed by atoms with Gasteiger partial charge < -0.3 is 5.32 Å². The minimum absolute atomic E-state index is 0.410. The lowest BCUT2D eigenvalue weighted by atomic mass is 10.0. The van der Waals surface area contributed by atoms with E-state index in [0.717, 1.165) is 13.1 Å². The highest BCUT2D eigenvalue weighted by molar-refractivity contribution is 9.11. The van der Waals surface area contributed by atoms with Crippen LogP contribution in [0.3, 0.4) is 0 Å². The van der Waals surface area contributed by atoms with Gasteiger partial charge in [-0.05, 0) is 52.0 Å². The van der Waals surface area contributed by atoms with Gasteiger partial charge in [0.1, 0.15) is 0 Å². The van der Waals surface area contributed by atoms with Crippen LogP contribution >= 0.6 is 39.0 Å². The summed E-state index contributed by atoms with van der Waals surface area (Å²) >= 11 is 7.23. The maximum atomic E-state index is 3.57.